The van der Waals surface area contributed by atoms with Crippen molar-refractivity contribution in [2.45, 2.75) is 89.8 Å². The molecule has 1 saturated heterocycles. The van der Waals surface area contributed by atoms with Crippen molar-refractivity contribution in [1.29, 1.82) is 0 Å². The smallest absolute Gasteiger partial charge is 0.223 e. The Labute approximate surface area is 229 Å². The van der Waals surface area contributed by atoms with E-state index in [0.717, 1.165) is 87.2 Å². The highest BCUT2D eigenvalue weighted by molar-refractivity contribution is 6.24. The molecule has 3 rings (SSSR count). The van der Waals surface area contributed by atoms with E-state index in [1.165, 1.54) is 19.3 Å². The zero-order valence-electron chi connectivity index (χ0n) is 23.8. The third-order valence-electron chi connectivity index (χ3n) is 7.55. The quantitative estimate of drug-likeness (QED) is 0.117. The van der Waals surface area contributed by atoms with Crippen LogP contribution < -0.4 is 10.6 Å². The summed E-state index contributed by atoms with van der Waals surface area (Å²) in [4.78, 5) is 15.9. The van der Waals surface area contributed by atoms with E-state index >= 15 is 0 Å². The maximum absolute atomic E-state index is 11.9. The number of rotatable bonds is 13. The molecular formula is C31H48N4O3. The van der Waals surface area contributed by atoms with Gasteiger partial charge in [0.05, 0.1) is 11.8 Å². The summed E-state index contributed by atoms with van der Waals surface area (Å²) < 4.78 is 12.5. The Kier molecular flexibility index (Phi) is 12.2. The standard InChI is InChI=1S/C31H48N4O3/c1-5-6-12-30(33-32)29(25-13-15-27(16-14-25)38-26-10-8-7-9-11-26)23-24(2)37-28-17-20-35(21-18-28)22-19-31(36)34(3)4/h13-16,23,26,28H,2,5-12,17-22,32H2,1,3-4H3/b29-23-,33-30-. The van der Waals surface area contributed by atoms with Crippen LogP contribution in [0.3, 0.4) is 0 Å². The molecule has 0 radical (unpaired) electrons. The van der Waals surface area contributed by atoms with Crippen LogP contribution in [0, 0.1) is 0 Å². The minimum absolute atomic E-state index is 0.112. The SMILES string of the molecule is C=C(/C=C(\C(CCCC)=N/N)c1ccc(OC2CCCCC2)cc1)OC1CCN(CCC(=O)N(C)C)CC1. The first kappa shape index (κ1) is 29.8. The Morgan fingerprint density at radius 2 is 1.76 bits per heavy atom. The molecule has 1 aliphatic carbocycles. The first-order valence-corrected chi connectivity index (χ1v) is 14.4. The zero-order valence-corrected chi connectivity index (χ0v) is 23.8. The van der Waals surface area contributed by atoms with Crippen molar-refractivity contribution in [3.8, 4) is 5.75 Å². The van der Waals surface area contributed by atoms with Crippen molar-refractivity contribution in [3.63, 3.8) is 0 Å². The molecule has 2 fully saturated rings. The molecule has 210 valence electrons. The second kappa shape index (κ2) is 15.6. The molecule has 1 amide bonds. The fraction of sp³-hybridized carbons (Fsp3) is 0.613. The number of hydrazone groups is 1. The summed E-state index contributed by atoms with van der Waals surface area (Å²) >= 11 is 0. The molecule has 1 aromatic rings. The molecule has 1 saturated carbocycles. The van der Waals surface area contributed by atoms with Crippen LogP contribution in [-0.4, -0.2) is 67.4 Å². The number of ether oxygens (including phenoxy) is 2. The van der Waals surface area contributed by atoms with Crippen molar-refractivity contribution in [3.05, 3.63) is 48.2 Å². The Bertz CT molecular complexity index is 940. The molecule has 38 heavy (non-hydrogen) atoms. The van der Waals surface area contributed by atoms with Gasteiger partial charge in [-0.15, -0.1) is 0 Å². The van der Waals surface area contributed by atoms with Crippen molar-refractivity contribution in [2.75, 3.05) is 33.7 Å². The van der Waals surface area contributed by atoms with Gasteiger partial charge in [0.2, 0.25) is 5.91 Å². The highest BCUT2D eigenvalue weighted by Gasteiger charge is 2.22. The molecule has 0 spiro atoms. The summed E-state index contributed by atoms with van der Waals surface area (Å²) in [7, 11) is 3.61. The van der Waals surface area contributed by atoms with Gasteiger partial charge in [-0.1, -0.05) is 38.5 Å². The number of hydrogen-bond acceptors (Lipinski definition) is 6. The summed E-state index contributed by atoms with van der Waals surface area (Å²) in [6, 6.07) is 8.27. The fourth-order valence-electron chi connectivity index (χ4n) is 5.17. The summed E-state index contributed by atoms with van der Waals surface area (Å²) in [5, 5.41) is 4.16. The van der Waals surface area contributed by atoms with Gasteiger partial charge < -0.3 is 25.1 Å². The van der Waals surface area contributed by atoms with Crippen LogP contribution in [-0.2, 0) is 9.53 Å². The molecule has 2 N–H and O–H groups in total. The third kappa shape index (κ3) is 9.50. The summed E-state index contributed by atoms with van der Waals surface area (Å²) in [6.07, 6.45) is 13.8. The van der Waals surface area contributed by atoms with Crippen molar-refractivity contribution in [1.82, 2.24) is 9.80 Å². The number of likely N-dealkylation sites (tertiary alicyclic amines) is 1. The average molecular weight is 525 g/mol. The van der Waals surface area contributed by atoms with Gasteiger partial charge in [-0.25, -0.2) is 0 Å². The monoisotopic (exact) mass is 524 g/mol. The Morgan fingerprint density at radius 1 is 1.08 bits per heavy atom. The van der Waals surface area contributed by atoms with Gasteiger partial charge in [0.1, 0.15) is 17.6 Å². The van der Waals surface area contributed by atoms with Crippen LogP contribution in [0.4, 0.5) is 0 Å². The fourth-order valence-corrected chi connectivity index (χ4v) is 5.17. The minimum atomic E-state index is 0.112. The normalized spacial score (nSPS) is 18.3. The van der Waals surface area contributed by atoms with Crippen molar-refractivity contribution < 1.29 is 14.3 Å². The highest BCUT2D eigenvalue weighted by atomic mass is 16.5. The van der Waals surface area contributed by atoms with E-state index in [1.54, 1.807) is 19.0 Å². The largest absolute Gasteiger partial charge is 0.491 e. The van der Waals surface area contributed by atoms with Crippen molar-refractivity contribution >= 4 is 17.2 Å². The number of carbonyl (C=O) groups is 1. The second-order valence-electron chi connectivity index (χ2n) is 10.8. The lowest BCUT2D eigenvalue weighted by Gasteiger charge is -2.32. The van der Waals surface area contributed by atoms with Crippen LogP contribution in [0.15, 0.2) is 47.8 Å². The van der Waals surface area contributed by atoms with Crippen LogP contribution in [0.5, 0.6) is 5.75 Å². The zero-order chi connectivity index (χ0) is 27.3. The predicted octanol–water partition coefficient (Wildman–Crippen LogP) is 5.76. The molecule has 2 aliphatic rings. The molecular weight excluding hydrogens is 476 g/mol. The lowest BCUT2D eigenvalue weighted by molar-refractivity contribution is -0.129. The number of unbranched alkanes of at least 4 members (excludes halogenated alkanes) is 1. The van der Waals surface area contributed by atoms with E-state index < -0.39 is 0 Å². The van der Waals surface area contributed by atoms with E-state index in [-0.39, 0.29) is 12.0 Å². The molecule has 0 aromatic heterocycles. The van der Waals surface area contributed by atoms with Gasteiger partial charge in [0.15, 0.2) is 0 Å². The Hall–Kier alpha value is -2.80. The maximum atomic E-state index is 11.9. The molecule has 1 aromatic carbocycles. The van der Waals surface area contributed by atoms with Crippen LogP contribution in [0.1, 0.15) is 83.1 Å². The first-order valence-electron chi connectivity index (χ1n) is 14.4. The molecule has 7 heteroatoms. The number of amides is 1. The minimum Gasteiger partial charge on any atom is -0.491 e. The van der Waals surface area contributed by atoms with E-state index in [2.05, 4.69) is 35.6 Å². The van der Waals surface area contributed by atoms with Gasteiger partial charge in [0, 0.05) is 45.7 Å². The molecule has 0 atom stereocenters. The summed E-state index contributed by atoms with van der Waals surface area (Å²) in [6.45, 7) is 9.02. The molecule has 1 heterocycles. The number of carbonyl (C=O) groups excluding carboxylic acids is 1. The third-order valence-corrected chi connectivity index (χ3v) is 7.55. The number of allylic oxidation sites excluding steroid dienone is 2. The van der Waals surface area contributed by atoms with Crippen LogP contribution in [0.25, 0.3) is 5.57 Å². The number of piperidine rings is 1. The Balaban J connectivity index is 1.63. The highest BCUT2D eigenvalue weighted by Crippen LogP contribution is 2.28. The van der Waals surface area contributed by atoms with E-state index in [9.17, 15) is 4.79 Å². The molecule has 1 aliphatic heterocycles. The molecule has 0 bridgehead atoms. The van der Waals surface area contributed by atoms with Crippen LogP contribution >= 0.6 is 0 Å². The summed E-state index contributed by atoms with van der Waals surface area (Å²) in [5.41, 5.74) is 2.85. The summed E-state index contributed by atoms with van der Waals surface area (Å²) in [5.74, 6) is 7.58. The van der Waals surface area contributed by atoms with Gasteiger partial charge >= 0.3 is 0 Å². The van der Waals surface area contributed by atoms with Gasteiger partial charge in [-0.05, 0) is 75.1 Å². The topological polar surface area (TPSA) is 80.4 Å². The van der Waals surface area contributed by atoms with Gasteiger partial charge in [-0.3, -0.25) is 4.79 Å². The number of nitrogens with zero attached hydrogens (tertiary/aromatic N) is 3. The maximum Gasteiger partial charge on any atom is 0.223 e. The van der Waals surface area contributed by atoms with E-state index in [0.29, 0.717) is 18.3 Å². The number of benzene rings is 1. The first-order chi connectivity index (χ1) is 18.4. The average Bonchev–Trinajstić information content (AvgIpc) is 2.93. The number of nitrogens with two attached hydrogens (primary N) is 1. The van der Waals surface area contributed by atoms with Gasteiger partial charge in [0.25, 0.3) is 0 Å². The van der Waals surface area contributed by atoms with Gasteiger partial charge in [-0.2, -0.15) is 5.10 Å². The van der Waals surface area contributed by atoms with E-state index in [4.69, 9.17) is 15.3 Å². The lowest BCUT2D eigenvalue weighted by atomic mass is 9.96. The van der Waals surface area contributed by atoms with Crippen molar-refractivity contribution in [2.24, 2.45) is 10.9 Å². The predicted molar refractivity (Wildman–Crippen MR) is 156 cm³/mol. The second-order valence-corrected chi connectivity index (χ2v) is 10.8. The Morgan fingerprint density at radius 3 is 2.37 bits per heavy atom. The number of hydrogen-bond donors (Lipinski definition) is 1. The molecule has 7 nitrogen and oxygen atoms in total. The molecule has 0 unspecified atom stereocenters. The lowest BCUT2D eigenvalue weighted by Crippen LogP contribution is -2.39. The van der Waals surface area contributed by atoms with E-state index in [1.807, 2.05) is 18.2 Å². The van der Waals surface area contributed by atoms with Crippen LogP contribution in [0.2, 0.25) is 0 Å².